The minimum absolute atomic E-state index is 0.272. The van der Waals surface area contributed by atoms with E-state index in [1.807, 2.05) is 0 Å². The van der Waals surface area contributed by atoms with Gasteiger partial charge >= 0.3 is 5.97 Å². The molecule has 0 aromatic carbocycles. The first-order valence-corrected chi connectivity index (χ1v) is 10.9. The maximum atomic E-state index is 11.6. The topological polar surface area (TPSA) is 40.5 Å². The molecule has 1 N–H and O–H groups in total. The summed E-state index contributed by atoms with van der Waals surface area (Å²) in [6.07, 6.45) is 10.9. The molecule has 5 rings (SSSR count). The predicted molar refractivity (Wildman–Crippen MR) is 98.3 cm³/mol. The molecule has 5 fully saturated rings. The van der Waals surface area contributed by atoms with Gasteiger partial charge in [-0.3, -0.25) is 9.69 Å². The van der Waals surface area contributed by atoms with Crippen LogP contribution in [0.5, 0.6) is 0 Å². The number of carboxylic acids is 1. The van der Waals surface area contributed by atoms with Crippen molar-refractivity contribution >= 4 is 5.97 Å². The van der Waals surface area contributed by atoms with Crippen LogP contribution < -0.4 is 0 Å². The number of hydrogen-bond acceptors (Lipinski definition) is 2. The van der Waals surface area contributed by atoms with Gasteiger partial charge in [0, 0.05) is 24.5 Å². The zero-order valence-electron chi connectivity index (χ0n) is 16.3. The molecule has 140 valence electrons. The lowest BCUT2D eigenvalue weighted by atomic mass is 9.42. The fourth-order valence-electron chi connectivity index (χ4n) is 9.32. The van der Waals surface area contributed by atoms with Crippen LogP contribution in [0.4, 0.5) is 0 Å². The van der Waals surface area contributed by atoms with E-state index in [9.17, 15) is 9.90 Å². The molecule has 3 heteroatoms. The average molecular weight is 346 g/mol. The van der Waals surface area contributed by atoms with Crippen molar-refractivity contribution in [2.24, 2.45) is 34.5 Å². The summed E-state index contributed by atoms with van der Waals surface area (Å²) < 4.78 is 0. The van der Waals surface area contributed by atoms with Gasteiger partial charge in [0.25, 0.3) is 0 Å². The van der Waals surface area contributed by atoms with E-state index in [2.05, 4.69) is 25.7 Å². The number of aliphatic carboxylic acids is 1. The molecule has 0 aromatic rings. The van der Waals surface area contributed by atoms with Crippen molar-refractivity contribution in [3.8, 4) is 0 Å². The minimum Gasteiger partial charge on any atom is -0.481 e. The van der Waals surface area contributed by atoms with Crippen LogP contribution in [-0.2, 0) is 4.79 Å². The highest BCUT2D eigenvalue weighted by molar-refractivity contribution is 5.66. The molecule has 3 aliphatic heterocycles. The summed E-state index contributed by atoms with van der Waals surface area (Å²) in [5.74, 6) is 2.47. The van der Waals surface area contributed by atoms with E-state index in [4.69, 9.17) is 0 Å². The highest BCUT2D eigenvalue weighted by atomic mass is 16.4. The van der Waals surface area contributed by atoms with Crippen LogP contribution >= 0.6 is 0 Å². The smallest absolute Gasteiger partial charge is 0.303 e. The van der Waals surface area contributed by atoms with Crippen molar-refractivity contribution < 1.29 is 9.90 Å². The summed E-state index contributed by atoms with van der Waals surface area (Å²) in [6, 6.07) is 0.660. The Bertz CT molecular complexity index is 603. The van der Waals surface area contributed by atoms with Gasteiger partial charge in [0.15, 0.2) is 0 Å². The van der Waals surface area contributed by atoms with E-state index in [-0.39, 0.29) is 5.41 Å². The molecular weight excluding hydrogens is 310 g/mol. The number of rotatable bonds is 4. The molecule has 0 radical (unpaired) electrons. The van der Waals surface area contributed by atoms with Gasteiger partial charge in [-0.25, -0.2) is 0 Å². The third-order valence-corrected chi connectivity index (χ3v) is 10.1. The SMILES string of the molecule is CC(C)[C@H]1CC[C@@]2(C)[C@@H]3CC[C@]45CCCC4[C@@]2(CCC(=O)O)[C@H]1N5C3. The van der Waals surface area contributed by atoms with Crippen LogP contribution in [0.15, 0.2) is 0 Å². The first-order chi connectivity index (χ1) is 11.9. The molecule has 2 saturated carbocycles. The Morgan fingerprint density at radius 2 is 2.00 bits per heavy atom. The van der Waals surface area contributed by atoms with E-state index in [1.165, 1.54) is 51.5 Å². The lowest BCUT2D eigenvalue weighted by molar-refractivity contribution is -0.183. The second-order valence-electron chi connectivity index (χ2n) is 10.7. The summed E-state index contributed by atoms with van der Waals surface area (Å²) in [4.78, 5) is 14.6. The molecule has 1 spiro atoms. The molecule has 25 heavy (non-hydrogen) atoms. The van der Waals surface area contributed by atoms with E-state index < -0.39 is 5.97 Å². The Hall–Kier alpha value is -0.570. The van der Waals surface area contributed by atoms with Crippen molar-refractivity contribution in [3.63, 3.8) is 0 Å². The Kier molecular flexibility index (Phi) is 3.34. The van der Waals surface area contributed by atoms with Gasteiger partial charge in [-0.05, 0) is 79.4 Å². The molecule has 2 unspecified atom stereocenters. The van der Waals surface area contributed by atoms with Crippen LogP contribution in [-0.4, -0.2) is 34.1 Å². The second kappa shape index (κ2) is 5.03. The van der Waals surface area contributed by atoms with Crippen molar-refractivity contribution in [2.45, 2.75) is 90.1 Å². The van der Waals surface area contributed by atoms with E-state index in [0.29, 0.717) is 29.3 Å². The van der Waals surface area contributed by atoms with Crippen LogP contribution in [0.25, 0.3) is 0 Å². The number of piperidine rings is 2. The van der Waals surface area contributed by atoms with Gasteiger partial charge in [0.2, 0.25) is 0 Å². The molecular formula is C22H35NO2. The van der Waals surface area contributed by atoms with Crippen LogP contribution in [0.3, 0.4) is 0 Å². The van der Waals surface area contributed by atoms with Crippen molar-refractivity contribution in [1.29, 1.82) is 0 Å². The molecule has 0 amide bonds. The van der Waals surface area contributed by atoms with E-state index in [1.54, 1.807) is 0 Å². The number of carboxylic acid groups (broad SMARTS) is 1. The number of carbonyl (C=O) groups is 1. The van der Waals surface area contributed by atoms with Gasteiger partial charge in [-0.15, -0.1) is 0 Å². The van der Waals surface area contributed by atoms with Crippen LogP contribution in [0.2, 0.25) is 0 Å². The zero-order chi connectivity index (χ0) is 17.6. The third-order valence-electron chi connectivity index (χ3n) is 10.1. The summed E-state index contributed by atoms with van der Waals surface area (Å²) in [5, 5.41) is 9.56. The van der Waals surface area contributed by atoms with E-state index in [0.717, 1.165) is 24.2 Å². The summed E-state index contributed by atoms with van der Waals surface area (Å²) in [7, 11) is 0. The molecule has 0 aromatic heterocycles. The average Bonchev–Trinajstić information content (AvgIpc) is 3.02. The summed E-state index contributed by atoms with van der Waals surface area (Å²) in [6.45, 7) is 8.74. The lowest BCUT2D eigenvalue weighted by Gasteiger charge is -2.67. The van der Waals surface area contributed by atoms with Crippen molar-refractivity contribution in [2.75, 3.05) is 6.54 Å². The third kappa shape index (κ3) is 1.71. The number of nitrogens with zero attached hydrogens (tertiary/aromatic N) is 1. The molecule has 8 atom stereocenters. The molecule has 3 saturated heterocycles. The van der Waals surface area contributed by atoms with Gasteiger partial charge < -0.3 is 5.11 Å². The predicted octanol–water partition coefficient (Wildman–Crippen LogP) is 4.56. The van der Waals surface area contributed by atoms with Gasteiger partial charge in [-0.1, -0.05) is 27.2 Å². The standard InChI is InChI=1S/C22H35NO2/c1-14(2)16-7-10-20(3)15-6-11-21-9-4-5-17(21)22(20,12-8-18(24)25)19(16)23(21)13-15/h14-17,19H,4-13H2,1-3H3,(H,24,25)/t15-,16-,17?,19+,20+,21-,22+/m1/s1. The van der Waals surface area contributed by atoms with Crippen LogP contribution in [0, 0.1) is 34.5 Å². The number of fused-ring (bicyclic) bond motifs is 2. The maximum Gasteiger partial charge on any atom is 0.303 e. The van der Waals surface area contributed by atoms with Gasteiger partial charge in [0.05, 0.1) is 0 Å². The molecule has 3 nitrogen and oxygen atoms in total. The molecule has 3 heterocycles. The first kappa shape index (κ1) is 16.6. The normalized spacial score (nSPS) is 55.6. The highest BCUT2D eigenvalue weighted by Crippen LogP contribution is 2.79. The Morgan fingerprint density at radius 1 is 1.20 bits per heavy atom. The van der Waals surface area contributed by atoms with Crippen molar-refractivity contribution in [1.82, 2.24) is 4.90 Å². The van der Waals surface area contributed by atoms with Gasteiger partial charge in [-0.2, -0.15) is 0 Å². The summed E-state index contributed by atoms with van der Waals surface area (Å²) >= 11 is 0. The quantitative estimate of drug-likeness (QED) is 0.812. The second-order valence-corrected chi connectivity index (χ2v) is 10.7. The molecule has 5 aliphatic rings. The maximum absolute atomic E-state index is 11.6. The minimum atomic E-state index is -0.583. The summed E-state index contributed by atoms with van der Waals surface area (Å²) in [5.41, 5.74) is 1.09. The Balaban J connectivity index is 1.71. The number of hydrogen-bond donors (Lipinski definition) is 1. The fourth-order valence-corrected chi connectivity index (χ4v) is 9.32. The van der Waals surface area contributed by atoms with Crippen molar-refractivity contribution in [3.05, 3.63) is 0 Å². The Morgan fingerprint density at radius 3 is 2.72 bits per heavy atom. The molecule has 5 bridgehead atoms. The Labute approximate surface area is 152 Å². The molecule has 2 aliphatic carbocycles. The highest BCUT2D eigenvalue weighted by Gasteiger charge is 2.79. The fraction of sp³-hybridized carbons (Fsp3) is 0.955. The lowest BCUT2D eigenvalue weighted by Crippen LogP contribution is -2.68. The van der Waals surface area contributed by atoms with Gasteiger partial charge in [0.1, 0.15) is 0 Å². The largest absolute Gasteiger partial charge is 0.481 e. The van der Waals surface area contributed by atoms with Crippen LogP contribution in [0.1, 0.15) is 78.6 Å². The zero-order valence-corrected chi connectivity index (χ0v) is 16.3. The first-order valence-electron chi connectivity index (χ1n) is 10.9. The monoisotopic (exact) mass is 345 g/mol. The van der Waals surface area contributed by atoms with E-state index >= 15 is 0 Å².